The highest BCUT2D eigenvalue weighted by molar-refractivity contribution is 5.89. The van der Waals surface area contributed by atoms with Crippen molar-refractivity contribution in [2.45, 2.75) is 73.6 Å². The van der Waals surface area contributed by atoms with E-state index in [-0.39, 0.29) is 25.0 Å². The molecule has 1 aliphatic heterocycles. The molecule has 6 aliphatic rings. The number of methoxy groups -OCH3 is 4. The third kappa shape index (κ3) is 3.28. The van der Waals surface area contributed by atoms with Gasteiger partial charge >= 0.3 is 5.97 Å². The van der Waals surface area contributed by atoms with Gasteiger partial charge in [0.2, 0.25) is 0 Å². The Kier molecular flexibility index (Phi) is 6.92. The third-order valence-electron chi connectivity index (χ3n) is 12.9. The second-order valence-electron chi connectivity index (χ2n) is 13.9. The number of nitrogens with zero attached hydrogens (tertiary/aromatic N) is 1. The third-order valence-corrected chi connectivity index (χ3v) is 12.9. The van der Waals surface area contributed by atoms with Crippen molar-refractivity contribution in [3.8, 4) is 0 Å². The molecular weight excluding hydrogens is 558 g/mol. The van der Waals surface area contributed by atoms with Gasteiger partial charge in [0.05, 0.1) is 30.5 Å². The molecule has 11 heteroatoms. The number of carbonyl (C=O) groups excluding carboxylic acids is 1. The van der Waals surface area contributed by atoms with Gasteiger partial charge in [0, 0.05) is 76.0 Å². The van der Waals surface area contributed by atoms with Gasteiger partial charge in [0.25, 0.3) is 0 Å². The Balaban J connectivity index is 1.48. The molecule has 0 radical (unpaired) electrons. The molecule has 7 bridgehead atoms. The predicted molar refractivity (Wildman–Crippen MR) is 151 cm³/mol. The zero-order chi connectivity index (χ0) is 30.7. The largest absolute Gasteiger partial charge is 0.455 e. The Hall–Kier alpha value is -1.67. The molecule has 43 heavy (non-hydrogen) atoms. The van der Waals surface area contributed by atoms with Crippen LogP contribution in [0.1, 0.15) is 30.1 Å². The van der Waals surface area contributed by atoms with Crippen LogP contribution in [-0.2, 0) is 23.7 Å². The van der Waals surface area contributed by atoms with Crippen LogP contribution in [0, 0.1) is 34.5 Å². The van der Waals surface area contributed by atoms with Crippen molar-refractivity contribution in [2.75, 3.05) is 48.1 Å². The minimum atomic E-state index is -1.86. The number of hydrogen-bond donors (Lipinski definition) is 4. The van der Waals surface area contributed by atoms with Gasteiger partial charge in [0.1, 0.15) is 29.5 Å². The summed E-state index contributed by atoms with van der Waals surface area (Å²) in [5.74, 6) is -2.94. The Morgan fingerprint density at radius 1 is 1.00 bits per heavy atom. The number of likely N-dealkylation sites (tertiary alicyclic amines) is 1. The molecule has 0 aromatic heterocycles. The summed E-state index contributed by atoms with van der Waals surface area (Å²) in [7, 11) is 6.29. The zero-order valence-corrected chi connectivity index (χ0v) is 25.5. The average molecular weight is 604 g/mol. The topological polar surface area (TPSA) is 147 Å². The first kappa shape index (κ1) is 30.0. The van der Waals surface area contributed by atoms with Gasteiger partial charge in [-0.15, -0.1) is 0 Å². The van der Waals surface area contributed by atoms with Crippen LogP contribution in [0.4, 0.5) is 0 Å². The lowest BCUT2D eigenvalue weighted by atomic mass is 9.42. The maximum Gasteiger partial charge on any atom is 0.338 e. The summed E-state index contributed by atoms with van der Waals surface area (Å²) in [5, 5.41) is 49.7. The van der Waals surface area contributed by atoms with Crippen molar-refractivity contribution in [2.24, 2.45) is 34.5 Å². The summed E-state index contributed by atoms with van der Waals surface area (Å²) >= 11 is 0. The van der Waals surface area contributed by atoms with E-state index in [9.17, 15) is 25.2 Å². The molecule has 15 atom stereocenters. The molecule has 5 aliphatic carbocycles. The van der Waals surface area contributed by atoms with E-state index in [1.807, 2.05) is 0 Å². The number of ether oxygens (including phenoxy) is 5. The fourth-order valence-corrected chi connectivity index (χ4v) is 11.9. The van der Waals surface area contributed by atoms with Gasteiger partial charge in [0.15, 0.2) is 0 Å². The standard InChI is InChI=1S/C32H45NO10/c1-6-33-14-29(15-39-2)18(34)12-19(40-3)31-17-13-30(37)26(43-28(36)16-10-8-7-9-11-16)20(17)32(38,25(35)27(30)42-5)21(24(31)33)22(41-4)23(29)31/h7-11,17-27,34-35,37-38H,6,12-15H2,1-5H3/t17?,18-,19+,20?,21-,22+,23?,24?,25+,26-,27+,29+,30+,31+,32-/m1/s1. The molecule has 4 N–H and O–H groups in total. The monoisotopic (exact) mass is 603 g/mol. The average Bonchev–Trinajstić information content (AvgIpc) is 3.39. The van der Waals surface area contributed by atoms with Gasteiger partial charge in [-0.05, 0) is 31.0 Å². The Bertz CT molecular complexity index is 1250. The predicted octanol–water partition coefficient (Wildman–Crippen LogP) is 0.0773. The number of fused-ring (bicyclic) bond motifs is 2. The minimum Gasteiger partial charge on any atom is -0.455 e. The molecular formula is C32H45NO10. The Labute approximate surface area is 252 Å². The van der Waals surface area contributed by atoms with E-state index in [1.54, 1.807) is 51.7 Å². The quantitative estimate of drug-likeness (QED) is 0.300. The molecule has 1 saturated heterocycles. The molecule has 1 aromatic carbocycles. The minimum absolute atomic E-state index is 0.106. The maximum atomic E-state index is 13.6. The van der Waals surface area contributed by atoms with Crippen LogP contribution in [-0.4, -0.2) is 133 Å². The molecule has 1 spiro atoms. The first-order valence-corrected chi connectivity index (χ1v) is 15.5. The van der Waals surface area contributed by atoms with E-state index in [0.717, 1.165) is 0 Å². The number of esters is 1. The normalized spacial score (nSPS) is 52.7. The van der Waals surface area contributed by atoms with E-state index in [2.05, 4.69) is 11.8 Å². The summed E-state index contributed by atoms with van der Waals surface area (Å²) in [6.07, 6.45) is -5.27. The maximum absolute atomic E-state index is 13.6. The van der Waals surface area contributed by atoms with E-state index in [0.29, 0.717) is 25.1 Å². The van der Waals surface area contributed by atoms with Crippen LogP contribution in [0.15, 0.2) is 30.3 Å². The van der Waals surface area contributed by atoms with Gasteiger partial charge in [-0.1, -0.05) is 25.1 Å². The molecule has 1 heterocycles. The number of piperidine rings is 1. The van der Waals surface area contributed by atoms with E-state index < -0.39 is 82.4 Å². The smallest absolute Gasteiger partial charge is 0.338 e. The van der Waals surface area contributed by atoms with Crippen LogP contribution < -0.4 is 0 Å². The molecule has 0 amide bonds. The highest BCUT2D eigenvalue weighted by atomic mass is 16.6. The lowest BCUT2D eigenvalue weighted by Crippen LogP contribution is -2.81. The number of hydrogen-bond acceptors (Lipinski definition) is 11. The summed E-state index contributed by atoms with van der Waals surface area (Å²) in [6.45, 7) is 3.46. The van der Waals surface area contributed by atoms with Crippen LogP contribution in [0.2, 0.25) is 0 Å². The van der Waals surface area contributed by atoms with E-state index >= 15 is 0 Å². The highest BCUT2D eigenvalue weighted by Gasteiger charge is 2.91. The van der Waals surface area contributed by atoms with Crippen LogP contribution in [0.3, 0.4) is 0 Å². The van der Waals surface area contributed by atoms with E-state index in [1.165, 1.54) is 7.11 Å². The highest BCUT2D eigenvalue weighted by Crippen LogP contribution is 2.80. The molecule has 7 rings (SSSR count). The Morgan fingerprint density at radius 2 is 1.72 bits per heavy atom. The van der Waals surface area contributed by atoms with Crippen LogP contribution >= 0.6 is 0 Å². The molecule has 238 valence electrons. The number of benzene rings is 1. The second-order valence-corrected chi connectivity index (χ2v) is 13.9. The fourth-order valence-electron chi connectivity index (χ4n) is 11.9. The SMILES string of the molecule is CCN1C[C@@]2(COC)C3[C@@H](OC)[C@@H]4C1[C@@]3(C1C[C@]3(O)[C@H](OC(=O)c5ccccc5)C1[C@]4(O)[C@@H](O)[C@@H]3OC)[C@@H](OC)C[C@H]2O. The first-order valence-electron chi connectivity index (χ1n) is 15.5. The zero-order valence-electron chi connectivity index (χ0n) is 25.5. The molecule has 6 fully saturated rings. The second kappa shape index (κ2) is 9.91. The van der Waals surface area contributed by atoms with Gasteiger partial charge < -0.3 is 44.1 Å². The molecule has 1 aromatic rings. The van der Waals surface area contributed by atoms with Gasteiger partial charge in [-0.3, -0.25) is 4.90 Å². The number of aliphatic hydroxyl groups excluding tert-OH is 2. The van der Waals surface area contributed by atoms with Crippen LogP contribution in [0.5, 0.6) is 0 Å². The summed E-state index contributed by atoms with van der Waals surface area (Å²) < 4.78 is 30.5. The molecule has 11 nitrogen and oxygen atoms in total. The van der Waals surface area contributed by atoms with Gasteiger partial charge in [-0.2, -0.15) is 0 Å². The lowest BCUT2D eigenvalue weighted by Gasteiger charge is -2.70. The van der Waals surface area contributed by atoms with Crippen molar-refractivity contribution < 1.29 is 48.9 Å². The first-order chi connectivity index (χ1) is 20.6. The van der Waals surface area contributed by atoms with Crippen molar-refractivity contribution >= 4 is 5.97 Å². The van der Waals surface area contributed by atoms with Crippen molar-refractivity contribution in [3.05, 3.63) is 35.9 Å². The summed E-state index contributed by atoms with van der Waals surface area (Å²) in [4.78, 5) is 15.8. The van der Waals surface area contributed by atoms with E-state index in [4.69, 9.17) is 23.7 Å². The van der Waals surface area contributed by atoms with Crippen molar-refractivity contribution in [1.29, 1.82) is 0 Å². The van der Waals surface area contributed by atoms with Crippen molar-refractivity contribution in [1.82, 2.24) is 4.90 Å². The van der Waals surface area contributed by atoms with Gasteiger partial charge in [-0.25, -0.2) is 4.79 Å². The molecule has 5 saturated carbocycles. The summed E-state index contributed by atoms with van der Waals surface area (Å²) in [5.41, 5.74) is -4.81. The fraction of sp³-hybridized carbons (Fsp3) is 0.781. The molecule has 4 unspecified atom stereocenters. The van der Waals surface area contributed by atoms with Crippen LogP contribution in [0.25, 0.3) is 0 Å². The lowest BCUT2D eigenvalue weighted by molar-refractivity contribution is -0.320. The number of aliphatic hydroxyl groups is 4. The summed E-state index contributed by atoms with van der Waals surface area (Å²) in [6, 6.07) is 8.25. The van der Waals surface area contributed by atoms with Crippen molar-refractivity contribution in [3.63, 3.8) is 0 Å². The number of rotatable bonds is 8. The Morgan fingerprint density at radius 3 is 2.33 bits per heavy atom. The number of carbonyl (C=O) groups is 1.